The number of nitrogens with one attached hydrogen (secondary N) is 2. The average Bonchev–Trinajstić information content (AvgIpc) is 3.13. The van der Waals surface area contributed by atoms with Crippen LogP contribution in [0, 0.1) is 37.0 Å². The van der Waals surface area contributed by atoms with Gasteiger partial charge in [-0.25, -0.2) is 0 Å². The summed E-state index contributed by atoms with van der Waals surface area (Å²) in [7, 11) is 0. The molecule has 5 aromatic carbocycles. The summed E-state index contributed by atoms with van der Waals surface area (Å²) in [5.74, 6) is 6.99. The second kappa shape index (κ2) is 20.0. The fraction of sp³-hybridized carbons (Fsp3) is 0.0244. The maximum atomic E-state index is 12.3. The quantitative estimate of drug-likeness (QED) is 0.0933. The van der Waals surface area contributed by atoms with Crippen LogP contribution in [0.3, 0.4) is 0 Å². The predicted molar refractivity (Wildman–Crippen MR) is 203 cm³/mol. The first kappa shape index (κ1) is 39.6. The van der Waals surface area contributed by atoms with Crippen LogP contribution in [0.5, 0.6) is 0 Å². The lowest BCUT2D eigenvalue weighted by Gasteiger charge is -2.08. The molecule has 0 aliphatic carbocycles. The van der Waals surface area contributed by atoms with Crippen LogP contribution < -0.4 is 16.4 Å². The lowest BCUT2D eigenvalue weighted by molar-refractivity contribution is 0.101. The van der Waals surface area contributed by atoms with Gasteiger partial charge in [-0.15, -0.1) is 19.3 Å². The van der Waals surface area contributed by atoms with Crippen LogP contribution in [0.2, 0.25) is 0 Å². The van der Waals surface area contributed by atoms with Crippen molar-refractivity contribution in [3.8, 4) is 37.0 Å². The number of rotatable bonds is 6. The third-order valence-corrected chi connectivity index (χ3v) is 6.88. The van der Waals surface area contributed by atoms with E-state index in [2.05, 4.69) is 28.4 Å². The highest BCUT2D eigenvalue weighted by Crippen LogP contribution is 2.14. The molecule has 0 radical (unpaired) electrons. The van der Waals surface area contributed by atoms with Crippen LogP contribution in [0.15, 0.2) is 121 Å². The van der Waals surface area contributed by atoms with Gasteiger partial charge >= 0.3 is 0 Å². The summed E-state index contributed by atoms with van der Waals surface area (Å²) in [5, 5.41) is 4.46. The van der Waals surface area contributed by atoms with E-state index in [4.69, 9.17) is 48.2 Å². The molecule has 5 aromatic rings. The van der Waals surface area contributed by atoms with Crippen LogP contribution in [0.4, 0.5) is 17.1 Å². The van der Waals surface area contributed by atoms with E-state index in [1.807, 2.05) is 12.1 Å². The molecule has 0 spiro atoms. The number of halogens is 2. The topological polar surface area (TPSA) is 118 Å². The Balaban J connectivity index is 0.000000323. The lowest BCUT2D eigenvalue weighted by Crippen LogP contribution is -2.14. The molecule has 5 rings (SSSR count). The summed E-state index contributed by atoms with van der Waals surface area (Å²) in [5.41, 5.74) is 11.4. The number of amides is 2. The van der Waals surface area contributed by atoms with E-state index >= 15 is 0 Å². The second-order valence-electron chi connectivity index (χ2n) is 9.82. The number of nitrogen functional groups attached to an aromatic ring is 1. The molecule has 2 amide bonds. The van der Waals surface area contributed by atoms with Gasteiger partial charge in [-0.2, -0.15) is 0 Å². The molecule has 0 atom stereocenters. The third-order valence-electron chi connectivity index (χ3n) is 6.44. The summed E-state index contributed by atoms with van der Waals surface area (Å²) in [6, 6.07) is 33.3. The molecular formula is C41H31Cl2N3O4. The zero-order valence-electron chi connectivity index (χ0n) is 25.7. The first-order chi connectivity index (χ1) is 23.5. The Hall–Kier alpha value is -6.56. The molecule has 9 heteroatoms. The number of carbonyl (C=O) groups excluding carboxylic acids is 4. The molecule has 0 aliphatic heterocycles. The van der Waals surface area contributed by atoms with E-state index in [1.165, 1.54) is 24.3 Å². The fourth-order valence-corrected chi connectivity index (χ4v) is 4.04. The molecule has 0 aromatic heterocycles. The van der Waals surface area contributed by atoms with Crippen molar-refractivity contribution in [2.45, 2.75) is 7.43 Å². The van der Waals surface area contributed by atoms with Crippen molar-refractivity contribution in [1.29, 1.82) is 0 Å². The molecule has 0 unspecified atom stereocenters. The number of carbonyl (C=O) groups is 4. The molecule has 4 N–H and O–H groups in total. The molecule has 0 heterocycles. The largest absolute Gasteiger partial charge is 0.399 e. The zero-order valence-corrected chi connectivity index (χ0v) is 27.3. The molecule has 248 valence electrons. The van der Waals surface area contributed by atoms with Crippen LogP contribution in [-0.4, -0.2) is 22.3 Å². The lowest BCUT2D eigenvalue weighted by atomic mass is 10.1. The highest BCUT2D eigenvalue weighted by atomic mass is 35.5. The van der Waals surface area contributed by atoms with Crippen molar-refractivity contribution in [2.24, 2.45) is 0 Å². The SMILES string of the molecule is C.C#Cc1ccc(N)cc1.C#Cc1ccc(NC(=O)c2ccc(C(=O)Nc3ccc(C#C)cc3)cc2)cc1.O=C(Cl)c1ccc(C(=O)Cl)cc1. The third kappa shape index (κ3) is 12.6. The van der Waals surface area contributed by atoms with Gasteiger partial charge in [0.25, 0.3) is 22.3 Å². The van der Waals surface area contributed by atoms with Crippen LogP contribution in [0.25, 0.3) is 0 Å². The zero-order chi connectivity index (χ0) is 35.8. The first-order valence-corrected chi connectivity index (χ1v) is 15.0. The number of terminal acetylenes is 3. The Labute approximate surface area is 301 Å². The van der Waals surface area contributed by atoms with Gasteiger partial charge in [0.2, 0.25) is 0 Å². The monoisotopic (exact) mass is 699 g/mol. The van der Waals surface area contributed by atoms with Gasteiger partial charge < -0.3 is 16.4 Å². The molecule has 0 saturated carbocycles. The van der Waals surface area contributed by atoms with Crippen LogP contribution in [-0.2, 0) is 0 Å². The van der Waals surface area contributed by atoms with E-state index in [0.717, 1.165) is 22.4 Å². The Morgan fingerprint density at radius 3 is 0.980 bits per heavy atom. The second-order valence-corrected chi connectivity index (χ2v) is 10.5. The minimum absolute atomic E-state index is 0. The summed E-state index contributed by atoms with van der Waals surface area (Å²) < 4.78 is 0. The van der Waals surface area contributed by atoms with Crippen molar-refractivity contribution >= 4 is 62.6 Å². The average molecular weight is 701 g/mol. The standard InChI is InChI=1S/C24H16N2O2.C8H4Cl2O2.C8H7N.CH4/c1-3-17-5-13-21(14-6-17)25-23(27)19-9-11-20(12-10-19)24(28)26-22-15-7-18(4-2)8-16-22;9-7(11)5-1-2-6(4-3-5)8(10)12;1-2-7-3-5-8(9)6-4-7;/h1-2,5-16H,(H,25,27)(H,26,28);1-4H;1,3-6H,9H2;1H4. The van der Waals surface area contributed by atoms with E-state index in [9.17, 15) is 19.2 Å². The van der Waals surface area contributed by atoms with E-state index < -0.39 is 10.5 Å². The Kier molecular flexibility index (Phi) is 15.8. The first-order valence-electron chi connectivity index (χ1n) is 14.2. The van der Waals surface area contributed by atoms with Crippen molar-refractivity contribution in [2.75, 3.05) is 16.4 Å². The highest BCUT2D eigenvalue weighted by Gasteiger charge is 2.10. The fourth-order valence-electron chi connectivity index (χ4n) is 3.79. The van der Waals surface area contributed by atoms with Gasteiger partial charge in [0.15, 0.2) is 0 Å². The van der Waals surface area contributed by atoms with Gasteiger partial charge in [0.1, 0.15) is 0 Å². The van der Waals surface area contributed by atoms with Crippen molar-refractivity contribution in [1.82, 2.24) is 0 Å². The number of nitrogens with two attached hydrogens (primary N) is 1. The maximum Gasteiger partial charge on any atom is 0.255 e. The van der Waals surface area contributed by atoms with Crippen molar-refractivity contribution < 1.29 is 19.2 Å². The van der Waals surface area contributed by atoms with Crippen LogP contribution >= 0.6 is 23.2 Å². The molecule has 0 fully saturated rings. The minimum atomic E-state index is -0.552. The Bertz CT molecular complexity index is 1930. The molecule has 7 nitrogen and oxygen atoms in total. The number of anilines is 3. The van der Waals surface area contributed by atoms with Gasteiger partial charge in [0, 0.05) is 56.0 Å². The number of hydrogen-bond donors (Lipinski definition) is 3. The van der Waals surface area contributed by atoms with Gasteiger partial charge in [-0.1, -0.05) is 25.2 Å². The van der Waals surface area contributed by atoms with Crippen LogP contribution in [0.1, 0.15) is 65.5 Å². The van der Waals surface area contributed by atoms with Crippen molar-refractivity contribution in [3.63, 3.8) is 0 Å². The van der Waals surface area contributed by atoms with Gasteiger partial charge in [-0.3, -0.25) is 19.2 Å². The van der Waals surface area contributed by atoms with Gasteiger partial charge in [0.05, 0.1) is 0 Å². The maximum absolute atomic E-state index is 12.3. The molecule has 50 heavy (non-hydrogen) atoms. The highest BCUT2D eigenvalue weighted by molar-refractivity contribution is 6.68. The number of benzene rings is 5. The van der Waals surface area contributed by atoms with E-state index in [1.54, 1.807) is 84.9 Å². The Morgan fingerprint density at radius 2 is 0.720 bits per heavy atom. The smallest absolute Gasteiger partial charge is 0.255 e. The normalized spacial score (nSPS) is 9.18. The summed E-state index contributed by atoms with van der Waals surface area (Å²) in [6.45, 7) is 0. The number of hydrogen-bond acceptors (Lipinski definition) is 5. The summed E-state index contributed by atoms with van der Waals surface area (Å²) in [4.78, 5) is 45.8. The minimum Gasteiger partial charge on any atom is -0.399 e. The van der Waals surface area contributed by atoms with E-state index in [-0.39, 0.29) is 19.2 Å². The molecular weight excluding hydrogens is 669 g/mol. The Morgan fingerprint density at radius 1 is 0.460 bits per heavy atom. The summed E-state index contributed by atoms with van der Waals surface area (Å²) >= 11 is 10.4. The molecule has 0 bridgehead atoms. The van der Waals surface area contributed by atoms with Gasteiger partial charge in [-0.05, 0) is 145 Å². The van der Waals surface area contributed by atoms with Crippen molar-refractivity contribution in [3.05, 3.63) is 160 Å². The van der Waals surface area contributed by atoms with E-state index in [0.29, 0.717) is 33.6 Å². The summed E-state index contributed by atoms with van der Waals surface area (Å²) in [6.07, 6.45) is 15.7. The molecule has 0 saturated heterocycles. The molecule has 0 aliphatic rings. The predicted octanol–water partition coefficient (Wildman–Crippen LogP) is 8.48.